The van der Waals surface area contributed by atoms with E-state index in [0.29, 0.717) is 12.0 Å². The van der Waals surface area contributed by atoms with E-state index in [-0.39, 0.29) is 11.6 Å². The average molecular weight is 254 g/mol. The van der Waals surface area contributed by atoms with E-state index in [9.17, 15) is 5.11 Å². The van der Waals surface area contributed by atoms with Crippen molar-refractivity contribution in [3.63, 3.8) is 0 Å². The molecule has 0 radical (unpaired) electrons. The Morgan fingerprint density at radius 1 is 0.944 bits per heavy atom. The summed E-state index contributed by atoms with van der Waals surface area (Å²) in [6, 6.07) is 0. The molecule has 0 spiro atoms. The van der Waals surface area contributed by atoms with Gasteiger partial charge >= 0.3 is 0 Å². The number of aliphatic hydroxyl groups excluding tert-OH is 1. The number of amidine groups is 1. The molecule has 0 rings (SSSR count). The third-order valence-corrected chi connectivity index (χ3v) is 3.35. The molecule has 0 saturated carbocycles. The third-order valence-electron chi connectivity index (χ3n) is 3.35. The van der Waals surface area contributed by atoms with Gasteiger partial charge in [-0.3, -0.25) is 5.41 Å². The summed E-state index contributed by atoms with van der Waals surface area (Å²) >= 11 is 0. The van der Waals surface area contributed by atoms with Gasteiger partial charge in [-0.1, -0.05) is 58.3 Å². The molecule has 0 aliphatic carbocycles. The average Bonchev–Trinajstić information content (AvgIpc) is 2.35. The second kappa shape index (κ2) is 11.1. The number of aliphatic hydroxyl groups is 1. The van der Waals surface area contributed by atoms with Crippen LogP contribution in [0.5, 0.6) is 0 Å². The van der Waals surface area contributed by atoms with Gasteiger partial charge in [0.15, 0.2) is 0 Å². The highest BCUT2D eigenvalue weighted by Crippen LogP contribution is 2.13. The summed E-state index contributed by atoms with van der Waals surface area (Å²) in [4.78, 5) is 0. The minimum atomic E-state index is -0.0246. The van der Waals surface area contributed by atoms with Gasteiger partial charge in [-0.2, -0.15) is 0 Å². The van der Waals surface area contributed by atoms with E-state index in [2.05, 4.69) is 6.92 Å². The summed E-state index contributed by atoms with van der Waals surface area (Å²) in [6.07, 6.45) is 12.1. The molecule has 0 fully saturated rings. The number of allylic oxidation sites excluding steroid dienone is 1. The van der Waals surface area contributed by atoms with E-state index >= 15 is 0 Å². The molecule has 18 heavy (non-hydrogen) atoms. The number of rotatable bonds is 11. The molecule has 0 aliphatic rings. The smallest absolute Gasteiger partial charge is 0.121 e. The van der Waals surface area contributed by atoms with Crippen LogP contribution in [0.3, 0.4) is 0 Å². The first-order valence-electron chi connectivity index (χ1n) is 7.32. The van der Waals surface area contributed by atoms with Crippen LogP contribution in [0.25, 0.3) is 0 Å². The second-order valence-electron chi connectivity index (χ2n) is 5.06. The molecule has 0 bridgehead atoms. The lowest BCUT2D eigenvalue weighted by atomic mass is 10.1. The van der Waals surface area contributed by atoms with Gasteiger partial charge in [0.1, 0.15) is 5.84 Å². The maximum Gasteiger partial charge on any atom is 0.121 e. The zero-order valence-corrected chi connectivity index (χ0v) is 12.1. The SMILES string of the molecule is CCCCCCCCCCCC(O)=C(C)C(=N)N. The maximum atomic E-state index is 9.65. The number of nitrogens with one attached hydrogen (secondary N) is 1. The summed E-state index contributed by atoms with van der Waals surface area (Å²) in [6.45, 7) is 3.94. The first-order valence-corrected chi connectivity index (χ1v) is 7.32. The molecule has 106 valence electrons. The van der Waals surface area contributed by atoms with Crippen molar-refractivity contribution in [2.75, 3.05) is 0 Å². The Hall–Kier alpha value is -0.990. The fourth-order valence-electron chi connectivity index (χ4n) is 1.95. The lowest BCUT2D eigenvalue weighted by molar-refractivity contribution is 0.376. The standard InChI is InChI=1S/C15H30N2O/c1-3-4-5-6-7-8-9-10-11-12-14(18)13(2)15(16)17/h18H,3-12H2,1-2H3,(H3,16,17). The van der Waals surface area contributed by atoms with E-state index in [1.165, 1.54) is 44.9 Å². The van der Waals surface area contributed by atoms with Crippen molar-refractivity contribution in [3.05, 3.63) is 11.3 Å². The van der Waals surface area contributed by atoms with Crippen LogP contribution in [0, 0.1) is 5.41 Å². The van der Waals surface area contributed by atoms with Gasteiger partial charge in [-0.15, -0.1) is 0 Å². The Bertz CT molecular complexity index is 259. The van der Waals surface area contributed by atoms with Gasteiger partial charge in [0.2, 0.25) is 0 Å². The van der Waals surface area contributed by atoms with Gasteiger partial charge in [-0.05, 0) is 13.3 Å². The molecular formula is C15H30N2O. The van der Waals surface area contributed by atoms with Crippen molar-refractivity contribution < 1.29 is 5.11 Å². The van der Waals surface area contributed by atoms with Crippen LogP contribution in [0.15, 0.2) is 11.3 Å². The largest absolute Gasteiger partial charge is 0.512 e. The van der Waals surface area contributed by atoms with Crippen molar-refractivity contribution >= 4 is 5.84 Å². The maximum absolute atomic E-state index is 9.65. The summed E-state index contributed by atoms with van der Waals surface area (Å²) < 4.78 is 0. The van der Waals surface area contributed by atoms with Gasteiger partial charge in [0, 0.05) is 12.0 Å². The van der Waals surface area contributed by atoms with Gasteiger partial charge in [-0.25, -0.2) is 0 Å². The van der Waals surface area contributed by atoms with Crippen LogP contribution in [0.1, 0.15) is 78.1 Å². The number of nitrogens with two attached hydrogens (primary N) is 1. The van der Waals surface area contributed by atoms with Crippen LogP contribution in [0.2, 0.25) is 0 Å². The number of hydrogen-bond donors (Lipinski definition) is 3. The van der Waals surface area contributed by atoms with Crippen molar-refractivity contribution in [3.8, 4) is 0 Å². The number of unbranched alkanes of at least 4 members (excludes halogenated alkanes) is 8. The first kappa shape index (κ1) is 17.0. The molecule has 0 aliphatic heterocycles. The van der Waals surface area contributed by atoms with Crippen molar-refractivity contribution in [2.24, 2.45) is 5.73 Å². The molecule has 0 aromatic carbocycles. The predicted octanol–water partition coefficient (Wildman–Crippen LogP) is 4.68. The zero-order valence-electron chi connectivity index (χ0n) is 12.1. The Labute approximate surface area is 112 Å². The van der Waals surface area contributed by atoms with Gasteiger partial charge in [0.25, 0.3) is 0 Å². The molecule has 0 heterocycles. The fourth-order valence-corrected chi connectivity index (χ4v) is 1.95. The van der Waals surface area contributed by atoms with Gasteiger partial charge in [0.05, 0.1) is 5.76 Å². The van der Waals surface area contributed by atoms with Crippen LogP contribution in [-0.4, -0.2) is 10.9 Å². The van der Waals surface area contributed by atoms with E-state index in [0.717, 1.165) is 12.8 Å². The quantitative estimate of drug-likeness (QED) is 0.217. The highest BCUT2D eigenvalue weighted by atomic mass is 16.3. The minimum Gasteiger partial charge on any atom is -0.512 e. The highest BCUT2D eigenvalue weighted by molar-refractivity contribution is 5.94. The Morgan fingerprint density at radius 3 is 1.83 bits per heavy atom. The van der Waals surface area contributed by atoms with E-state index in [1.807, 2.05) is 0 Å². The highest BCUT2D eigenvalue weighted by Gasteiger charge is 2.02. The molecule has 0 amide bonds. The Balaban J connectivity index is 3.41. The van der Waals surface area contributed by atoms with E-state index in [4.69, 9.17) is 11.1 Å². The molecule has 0 aromatic rings. The van der Waals surface area contributed by atoms with Crippen LogP contribution in [-0.2, 0) is 0 Å². The summed E-state index contributed by atoms with van der Waals surface area (Å²) in [7, 11) is 0. The van der Waals surface area contributed by atoms with Crippen molar-refractivity contribution in [2.45, 2.75) is 78.1 Å². The van der Waals surface area contributed by atoms with Crippen LogP contribution < -0.4 is 5.73 Å². The molecule has 0 unspecified atom stereocenters. The molecule has 0 saturated heterocycles. The topological polar surface area (TPSA) is 70.1 Å². The summed E-state index contributed by atoms with van der Waals surface area (Å²) in [5.74, 6) is 0.258. The fraction of sp³-hybridized carbons (Fsp3) is 0.800. The summed E-state index contributed by atoms with van der Waals surface area (Å²) in [5, 5.41) is 16.9. The molecule has 3 heteroatoms. The Morgan fingerprint density at radius 2 is 1.39 bits per heavy atom. The first-order chi connectivity index (χ1) is 8.59. The minimum absolute atomic E-state index is 0.0246. The number of hydrogen-bond acceptors (Lipinski definition) is 2. The molecule has 3 nitrogen and oxygen atoms in total. The monoisotopic (exact) mass is 254 g/mol. The summed E-state index contributed by atoms with van der Waals surface area (Å²) in [5.41, 5.74) is 5.83. The molecular weight excluding hydrogens is 224 g/mol. The van der Waals surface area contributed by atoms with Crippen LogP contribution >= 0.6 is 0 Å². The molecule has 4 N–H and O–H groups in total. The van der Waals surface area contributed by atoms with E-state index < -0.39 is 0 Å². The van der Waals surface area contributed by atoms with Crippen molar-refractivity contribution in [1.82, 2.24) is 0 Å². The van der Waals surface area contributed by atoms with Crippen molar-refractivity contribution in [1.29, 1.82) is 5.41 Å². The molecule has 0 atom stereocenters. The Kier molecular flexibility index (Phi) is 10.5. The van der Waals surface area contributed by atoms with Crippen LogP contribution in [0.4, 0.5) is 0 Å². The normalized spacial score (nSPS) is 12.3. The third kappa shape index (κ3) is 9.08. The predicted molar refractivity (Wildman–Crippen MR) is 79.1 cm³/mol. The van der Waals surface area contributed by atoms with Gasteiger partial charge < -0.3 is 10.8 Å². The second-order valence-corrected chi connectivity index (χ2v) is 5.06. The lowest BCUT2D eigenvalue weighted by Gasteiger charge is -2.05. The molecule has 0 aromatic heterocycles. The zero-order chi connectivity index (χ0) is 13.8. The lowest BCUT2D eigenvalue weighted by Crippen LogP contribution is -2.12. The van der Waals surface area contributed by atoms with E-state index in [1.54, 1.807) is 6.92 Å².